The molecule has 1 aromatic rings. The van der Waals surface area contributed by atoms with E-state index in [1.807, 2.05) is 0 Å². The van der Waals surface area contributed by atoms with E-state index in [1.165, 1.54) is 12.1 Å². The summed E-state index contributed by atoms with van der Waals surface area (Å²) in [5.41, 5.74) is 0.0832. The number of aryl methyl sites for hydroxylation is 1. The second-order valence-electron chi connectivity index (χ2n) is 3.71. The molecule has 0 bridgehead atoms. The number of ether oxygens (including phenoxy) is 1. The average molecular weight is 267 g/mol. The van der Waals surface area contributed by atoms with Crippen LogP contribution in [0.2, 0.25) is 0 Å². The molecule has 0 fully saturated rings. The number of aliphatic carboxylic acids is 1. The molecule has 0 aliphatic rings. The molecule has 0 amide bonds. The van der Waals surface area contributed by atoms with Crippen molar-refractivity contribution in [3.8, 4) is 0 Å². The molecule has 0 atom stereocenters. The molecule has 0 spiro atoms. The van der Waals surface area contributed by atoms with Crippen LogP contribution in [-0.2, 0) is 16.0 Å². The first kappa shape index (κ1) is 14.6. The third-order valence-electron chi connectivity index (χ3n) is 2.40. The van der Waals surface area contributed by atoms with Gasteiger partial charge in [0, 0.05) is 18.1 Å². The average Bonchev–Trinajstić information content (AvgIpc) is 2.36. The maximum absolute atomic E-state index is 11.5. The third-order valence-corrected chi connectivity index (χ3v) is 2.40. The van der Waals surface area contributed by atoms with E-state index in [0.29, 0.717) is 0 Å². The first-order valence-corrected chi connectivity index (χ1v) is 5.62. The van der Waals surface area contributed by atoms with Crippen LogP contribution in [0.15, 0.2) is 18.2 Å². The van der Waals surface area contributed by atoms with Gasteiger partial charge in [-0.2, -0.15) is 0 Å². The van der Waals surface area contributed by atoms with E-state index in [9.17, 15) is 19.7 Å². The molecule has 7 heteroatoms. The monoisotopic (exact) mass is 267 g/mol. The van der Waals surface area contributed by atoms with Gasteiger partial charge < -0.3 is 9.84 Å². The zero-order chi connectivity index (χ0) is 14.4. The van der Waals surface area contributed by atoms with Crippen LogP contribution in [-0.4, -0.2) is 28.6 Å². The van der Waals surface area contributed by atoms with Crippen molar-refractivity contribution in [2.75, 3.05) is 6.61 Å². The zero-order valence-electron chi connectivity index (χ0n) is 10.3. The number of carbonyl (C=O) groups is 2. The summed E-state index contributed by atoms with van der Waals surface area (Å²) in [6.45, 7) is 1.81. The van der Waals surface area contributed by atoms with Crippen LogP contribution in [0.3, 0.4) is 0 Å². The van der Waals surface area contributed by atoms with Crippen LogP contribution in [0.5, 0.6) is 0 Å². The van der Waals surface area contributed by atoms with Gasteiger partial charge in [-0.15, -0.1) is 0 Å². The van der Waals surface area contributed by atoms with Gasteiger partial charge in [0.1, 0.15) is 0 Å². The standard InChI is InChI=1S/C12H13NO6/c1-2-19-12(16)9-4-3-8(5-6-11(14)15)10(7-9)13(17)18/h3-4,7H,2,5-6H2,1H3,(H,14,15). The smallest absolute Gasteiger partial charge is 0.338 e. The minimum absolute atomic E-state index is 0.0365. The molecule has 0 aliphatic carbocycles. The van der Waals surface area contributed by atoms with E-state index in [1.54, 1.807) is 6.92 Å². The maximum Gasteiger partial charge on any atom is 0.338 e. The lowest BCUT2D eigenvalue weighted by molar-refractivity contribution is -0.385. The van der Waals surface area contributed by atoms with Gasteiger partial charge in [-0.1, -0.05) is 6.07 Å². The summed E-state index contributed by atoms with van der Waals surface area (Å²) in [6.07, 6.45) is -0.172. The summed E-state index contributed by atoms with van der Waals surface area (Å²) in [6, 6.07) is 3.88. The number of carboxylic acids is 1. The molecule has 102 valence electrons. The highest BCUT2D eigenvalue weighted by Crippen LogP contribution is 2.22. The minimum atomic E-state index is -1.04. The fourth-order valence-corrected chi connectivity index (χ4v) is 1.53. The van der Waals surface area contributed by atoms with Crippen molar-refractivity contribution < 1.29 is 24.4 Å². The van der Waals surface area contributed by atoms with Gasteiger partial charge in [-0.3, -0.25) is 14.9 Å². The van der Waals surface area contributed by atoms with Gasteiger partial charge in [-0.05, 0) is 19.4 Å². The molecule has 19 heavy (non-hydrogen) atoms. The van der Waals surface area contributed by atoms with E-state index in [0.717, 1.165) is 6.07 Å². The van der Waals surface area contributed by atoms with Crippen LogP contribution in [0.1, 0.15) is 29.3 Å². The van der Waals surface area contributed by atoms with Crippen LogP contribution in [0.4, 0.5) is 5.69 Å². The Kier molecular flexibility index (Phi) is 4.99. The zero-order valence-corrected chi connectivity index (χ0v) is 10.3. The largest absolute Gasteiger partial charge is 0.481 e. The molecule has 0 saturated carbocycles. The Morgan fingerprint density at radius 2 is 2.11 bits per heavy atom. The second-order valence-corrected chi connectivity index (χ2v) is 3.71. The van der Waals surface area contributed by atoms with E-state index in [-0.39, 0.29) is 36.3 Å². The Bertz CT molecular complexity index is 511. The van der Waals surface area contributed by atoms with Gasteiger partial charge in [0.15, 0.2) is 0 Å². The molecule has 0 radical (unpaired) electrons. The Labute approximate surface area is 109 Å². The van der Waals surface area contributed by atoms with Crippen molar-refractivity contribution in [2.24, 2.45) is 0 Å². The Morgan fingerprint density at radius 3 is 2.63 bits per heavy atom. The number of nitro groups is 1. The highest BCUT2D eigenvalue weighted by atomic mass is 16.6. The highest BCUT2D eigenvalue weighted by Gasteiger charge is 2.18. The fraction of sp³-hybridized carbons (Fsp3) is 0.333. The quantitative estimate of drug-likeness (QED) is 0.478. The highest BCUT2D eigenvalue weighted by molar-refractivity contribution is 5.90. The van der Waals surface area contributed by atoms with Crippen molar-refractivity contribution in [3.63, 3.8) is 0 Å². The van der Waals surface area contributed by atoms with Crippen LogP contribution >= 0.6 is 0 Å². The van der Waals surface area contributed by atoms with Gasteiger partial charge in [-0.25, -0.2) is 4.79 Å². The number of nitrogens with zero attached hydrogens (tertiary/aromatic N) is 1. The van der Waals surface area contributed by atoms with Crippen molar-refractivity contribution in [1.29, 1.82) is 0 Å². The SMILES string of the molecule is CCOC(=O)c1ccc(CCC(=O)O)c([N+](=O)[O-])c1. The molecule has 7 nitrogen and oxygen atoms in total. The summed E-state index contributed by atoms with van der Waals surface area (Å²) in [7, 11) is 0. The van der Waals surface area contributed by atoms with Crippen LogP contribution < -0.4 is 0 Å². The molecule has 1 N–H and O–H groups in total. The molecule has 0 aromatic heterocycles. The first-order chi connectivity index (χ1) is 8.95. The Balaban J connectivity index is 3.04. The van der Waals surface area contributed by atoms with Crippen LogP contribution in [0.25, 0.3) is 0 Å². The minimum Gasteiger partial charge on any atom is -0.481 e. The van der Waals surface area contributed by atoms with Crippen molar-refractivity contribution in [2.45, 2.75) is 19.8 Å². The number of hydrogen-bond donors (Lipinski definition) is 1. The number of nitro benzene ring substituents is 1. The van der Waals surface area contributed by atoms with E-state index >= 15 is 0 Å². The topological polar surface area (TPSA) is 107 Å². The van der Waals surface area contributed by atoms with Crippen molar-refractivity contribution in [3.05, 3.63) is 39.4 Å². The summed E-state index contributed by atoms with van der Waals surface area (Å²) in [4.78, 5) is 32.2. The summed E-state index contributed by atoms with van der Waals surface area (Å²) in [5, 5.41) is 19.5. The lowest BCUT2D eigenvalue weighted by atomic mass is 10.0. The molecule has 0 heterocycles. The molecule has 1 aromatic carbocycles. The van der Waals surface area contributed by atoms with Gasteiger partial charge >= 0.3 is 11.9 Å². The molecule has 1 rings (SSSR count). The lowest BCUT2D eigenvalue weighted by Gasteiger charge is -2.05. The first-order valence-electron chi connectivity index (χ1n) is 5.62. The molecule has 0 saturated heterocycles. The number of benzene rings is 1. The van der Waals surface area contributed by atoms with E-state index in [4.69, 9.17) is 9.84 Å². The predicted molar refractivity (Wildman–Crippen MR) is 65.0 cm³/mol. The van der Waals surface area contributed by atoms with Crippen molar-refractivity contribution >= 4 is 17.6 Å². The lowest BCUT2D eigenvalue weighted by Crippen LogP contribution is -2.07. The summed E-state index contributed by atoms with van der Waals surface area (Å²) in [5.74, 6) is -1.68. The molecule has 0 unspecified atom stereocenters. The van der Waals surface area contributed by atoms with Crippen LogP contribution in [0, 0.1) is 10.1 Å². The molecular formula is C12H13NO6. The van der Waals surface area contributed by atoms with Gasteiger partial charge in [0.2, 0.25) is 0 Å². The summed E-state index contributed by atoms with van der Waals surface area (Å²) < 4.78 is 4.75. The number of hydrogen-bond acceptors (Lipinski definition) is 5. The van der Waals surface area contributed by atoms with E-state index < -0.39 is 16.9 Å². The van der Waals surface area contributed by atoms with Gasteiger partial charge in [0.25, 0.3) is 5.69 Å². The van der Waals surface area contributed by atoms with Gasteiger partial charge in [0.05, 0.1) is 17.1 Å². The number of carbonyl (C=O) groups excluding carboxylic acids is 1. The fourth-order valence-electron chi connectivity index (χ4n) is 1.53. The van der Waals surface area contributed by atoms with E-state index in [2.05, 4.69) is 0 Å². The third kappa shape index (κ3) is 4.06. The Morgan fingerprint density at radius 1 is 1.42 bits per heavy atom. The number of carboxylic acid groups (broad SMARTS) is 1. The Hall–Kier alpha value is -2.44. The molecule has 0 aliphatic heterocycles. The van der Waals surface area contributed by atoms with Crippen molar-refractivity contribution in [1.82, 2.24) is 0 Å². The molecular weight excluding hydrogens is 254 g/mol. The number of rotatable bonds is 6. The predicted octanol–water partition coefficient (Wildman–Crippen LogP) is 1.79. The second kappa shape index (κ2) is 6.48. The summed E-state index contributed by atoms with van der Waals surface area (Å²) >= 11 is 0. The normalized spacial score (nSPS) is 9.95. The maximum atomic E-state index is 11.5. The number of esters is 1.